The van der Waals surface area contributed by atoms with Gasteiger partial charge in [-0.1, -0.05) is 18.6 Å². The van der Waals surface area contributed by atoms with Gasteiger partial charge in [-0.05, 0) is 77.0 Å². The number of carbonyl (C=O) groups is 2. The van der Waals surface area contributed by atoms with Crippen molar-refractivity contribution in [1.29, 1.82) is 0 Å². The maximum absolute atomic E-state index is 12.9. The quantitative estimate of drug-likeness (QED) is 0.481. The number of methoxy groups -OCH3 is 2. The fourth-order valence-electron chi connectivity index (χ4n) is 3.92. The normalized spacial score (nSPS) is 22.5. The van der Waals surface area contributed by atoms with Crippen molar-refractivity contribution < 1.29 is 28.5 Å². The SMILES string of the molecule is COCN(C(=O)OC(C)(C)C)[C@H]1CCC[C@H](Cc2ccc(OC)cc2)C[C@H](C)OC1=O. The lowest BCUT2D eigenvalue weighted by atomic mass is 9.89. The number of carbonyl (C=O) groups excluding carboxylic acids is 2. The fourth-order valence-corrected chi connectivity index (χ4v) is 3.92. The molecule has 2 rings (SSSR count). The van der Waals surface area contributed by atoms with Gasteiger partial charge >= 0.3 is 12.1 Å². The second-order valence-corrected chi connectivity index (χ2v) is 9.22. The Morgan fingerprint density at radius 1 is 1.16 bits per heavy atom. The number of ether oxygens (including phenoxy) is 4. The summed E-state index contributed by atoms with van der Waals surface area (Å²) in [4.78, 5) is 27.0. The second kappa shape index (κ2) is 11.4. The molecule has 1 aromatic carbocycles. The molecule has 1 aromatic rings. The molecule has 0 spiro atoms. The van der Waals surface area contributed by atoms with Crippen LogP contribution >= 0.6 is 0 Å². The molecule has 1 heterocycles. The molecule has 1 saturated heterocycles. The van der Waals surface area contributed by atoms with E-state index in [0.717, 1.165) is 31.4 Å². The van der Waals surface area contributed by atoms with Crippen molar-refractivity contribution in [3.8, 4) is 5.75 Å². The van der Waals surface area contributed by atoms with Crippen molar-refractivity contribution in [2.45, 2.75) is 77.5 Å². The Morgan fingerprint density at radius 2 is 1.84 bits per heavy atom. The van der Waals surface area contributed by atoms with Gasteiger partial charge in [0, 0.05) is 7.11 Å². The lowest BCUT2D eigenvalue weighted by molar-refractivity contribution is -0.157. The molecule has 7 nitrogen and oxygen atoms in total. The topological polar surface area (TPSA) is 74.3 Å². The number of benzene rings is 1. The Balaban J connectivity index is 2.10. The van der Waals surface area contributed by atoms with Crippen molar-refractivity contribution in [3.05, 3.63) is 29.8 Å². The van der Waals surface area contributed by atoms with Crippen molar-refractivity contribution in [2.24, 2.45) is 5.92 Å². The number of hydrogen-bond donors (Lipinski definition) is 0. The van der Waals surface area contributed by atoms with Crippen LogP contribution in [0.1, 0.15) is 58.9 Å². The van der Waals surface area contributed by atoms with Crippen LogP contribution < -0.4 is 4.74 Å². The Labute approximate surface area is 186 Å². The summed E-state index contributed by atoms with van der Waals surface area (Å²) in [5, 5.41) is 0. The molecular formula is C24H37NO6. The van der Waals surface area contributed by atoms with Crippen molar-refractivity contribution in [2.75, 3.05) is 21.0 Å². The summed E-state index contributed by atoms with van der Waals surface area (Å²) in [6.07, 6.45) is 3.13. The molecule has 1 aliphatic heterocycles. The summed E-state index contributed by atoms with van der Waals surface area (Å²) in [5.74, 6) is 0.816. The van der Waals surface area contributed by atoms with Gasteiger partial charge in [0.15, 0.2) is 0 Å². The first kappa shape index (κ1) is 25.0. The molecule has 0 aliphatic carbocycles. The first-order valence-corrected chi connectivity index (χ1v) is 10.9. The summed E-state index contributed by atoms with van der Waals surface area (Å²) < 4.78 is 21.7. The van der Waals surface area contributed by atoms with Gasteiger partial charge in [0.05, 0.1) is 13.2 Å². The van der Waals surface area contributed by atoms with Gasteiger partial charge in [-0.2, -0.15) is 0 Å². The monoisotopic (exact) mass is 435 g/mol. The molecule has 1 aliphatic rings. The Bertz CT molecular complexity index is 712. The second-order valence-electron chi connectivity index (χ2n) is 9.22. The molecule has 0 radical (unpaired) electrons. The largest absolute Gasteiger partial charge is 0.497 e. The third-order valence-electron chi connectivity index (χ3n) is 5.30. The molecule has 31 heavy (non-hydrogen) atoms. The first-order valence-electron chi connectivity index (χ1n) is 10.9. The predicted molar refractivity (Wildman–Crippen MR) is 118 cm³/mol. The van der Waals surface area contributed by atoms with Crippen molar-refractivity contribution in [3.63, 3.8) is 0 Å². The maximum Gasteiger partial charge on any atom is 0.412 e. The zero-order valence-electron chi connectivity index (χ0n) is 19.7. The number of hydrogen-bond acceptors (Lipinski definition) is 6. The molecule has 0 bridgehead atoms. The average molecular weight is 436 g/mol. The Morgan fingerprint density at radius 3 is 2.42 bits per heavy atom. The van der Waals surface area contributed by atoms with E-state index in [4.69, 9.17) is 18.9 Å². The Hall–Kier alpha value is -2.28. The molecule has 0 N–H and O–H groups in total. The number of amides is 1. The van der Waals surface area contributed by atoms with Crippen LogP contribution in [0.25, 0.3) is 0 Å². The lowest BCUT2D eigenvalue weighted by Crippen LogP contribution is -2.49. The maximum atomic E-state index is 12.9. The minimum atomic E-state index is -0.725. The molecule has 0 saturated carbocycles. The molecule has 1 amide bonds. The highest BCUT2D eigenvalue weighted by atomic mass is 16.6. The molecule has 3 atom stereocenters. The van der Waals surface area contributed by atoms with E-state index in [1.807, 2.05) is 19.1 Å². The smallest absolute Gasteiger partial charge is 0.412 e. The van der Waals surface area contributed by atoms with Crippen LogP contribution in [0.4, 0.5) is 4.79 Å². The third kappa shape index (κ3) is 8.05. The first-order chi connectivity index (χ1) is 14.6. The van der Waals surface area contributed by atoms with Crippen LogP contribution in [0, 0.1) is 5.92 Å². The van der Waals surface area contributed by atoms with Gasteiger partial charge in [0.2, 0.25) is 0 Å². The van der Waals surface area contributed by atoms with E-state index in [2.05, 4.69) is 12.1 Å². The van der Waals surface area contributed by atoms with Crippen molar-refractivity contribution >= 4 is 12.1 Å². The van der Waals surface area contributed by atoms with Gasteiger partial charge in [-0.15, -0.1) is 0 Å². The lowest BCUT2D eigenvalue weighted by Gasteiger charge is -2.32. The highest BCUT2D eigenvalue weighted by Crippen LogP contribution is 2.27. The van der Waals surface area contributed by atoms with Gasteiger partial charge in [-0.25, -0.2) is 9.59 Å². The van der Waals surface area contributed by atoms with E-state index in [0.29, 0.717) is 12.3 Å². The summed E-state index contributed by atoms with van der Waals surface area (Å²) in [6.45, 7) is 7.27. The predicted octanol–water partition coefficient (Wildman–Crippen LogP) is 4.57. The highest BCUT2D eigenvalue weighted by Gasteiger charge is 2.35. The fraction of sp³-hybridized carbons (Fsp3) is 0.667. The zero-order valence-corrected chi connectivity index (χ0v) is 19.7. The van der Waals surface area contributed by atoms with E-state index in [-0.39, 0.29) is 12.8 Å². The van der Waals surface area contributed by atoms with Gasteiger partial charge in [0.25, 0.3) is 0 Å². The summed E-state index contributed by atoms with van der Waals surface area (Å²) in [6, 6.07) is 7.36. The number of nitrogens with zero attached hydrogens (tertiary/aromatic N) is 1. The Kier molecular flexibility index (Phi) is 9.16. The highest BCUT2D eigenvalue weighted by molar-refractivity contribution is 5.81. The zero-order chi connectivity index (χ0) is 23.0. The van der Waals surface area contributed by atoms with Gasteiger partial charge in [-0.3, -0.25) is 4.90 Å². The molecule has 174 valence electrons. The molecule has 0 aromatic heterocycles. The van der Waals surface area contributed by atoms with Crippen LogP contribution in [0.15, 0.2) is 24.3 Å². The van der Waals surface area contributed by atoms with E-state index < -0.39 is 23.7 Å². The van der Waals surface area contributed by atoms with Gasteiger partial charge < -0.3 is 18.9 Å². The van der Waals surface area contributed by atoms with E-state index >= 15 is 0 Å². The molecular weight excluding hydrogens is 398 g/mol. The van der Waals surface area contributed by atoms with Crippen LogP contribution in [-0.4, -0.2) is 55.7 Å². The van der Waals surface area contributed by atoms with Crippen LogP contribution in [-0.2, 0) is 25.4 Å². The van der Waals surface area contributed by atoms with E-state index in [1.54, 1.807) is 27.9 Å². The molecule has 0 unspecified atom stereocenters. The number of rotatable bonds is 6. The van der Waals surface area contributed by atoms with Gasteiger partial charge in [0.1, 0.15) is 24.1 Å². The standard InChI is InChI=1S/C24H37NO6/c1-17-14-19(15-18-10-12-20(29-6)13-11-18)8-7-9-21(22(26)30-17)25(16-28-5)23(27)31-24(2,3)4/h10-13,17,19,21H,7-9,14-16H2,1-6H3/t17-,19-,21-/m0/s1. The molecule has 1 fully saturated rings. The minimum absolute atomic E-state index is 0.0294. The van der Waals surface area contributed by atoms with Crippen LogP contribution in [0.2, 0.25) is 0 Å². The minimum Gasteiger partial charge on any atom is -0.497 e. The van der Waals surface area contributed by atoms with E-state index in [9.17, 15) is 9.59 Å². The molecule has 7 heteroatoms. The van der Waals surface area contributed by atoms with Crippen LogP contribution in [0.5, 0.6) is 5.75 Å². The van der Waals surface area contributed by atoms with Crippen LogP contribution in [0.3, 0.4) is 0 Å². The number of esters is 1. The number of cyclic esters (lactones) is 1. The summed E-state index contributed by atoms with van der Waals surface area (Å²) in [7, 11) is 3.15. The van der Waals surface area contributed by atoms with Crippen molar-refractivity contribution in [1.82, 2.24) is 4.90 Å². The summed E-state index contributed by atoms with van der Waals surface area (Å²) in [5.41, 5.74) is 0.567. The average Bonchev–Trinajstić information content (AvgIpc) is 2.74. The van der Waals surface area contributed by atoms with E-state index in [1.165, 1.54) is 17.6 Å². The summed E-state index contributed by atoms with van der Waals surface area (Å²) >= 11 is 0. The third-order valence-corrected chi connectivity index (χ3v) is 5.30.